The third-order valence-corrected chi connectivity index (χ3v) is 3.05. The molecule has 1 aliphatic heterocycles. The third kappa shape index (κ3) is 4.04. The highest BCUT2D eigenvalue weighted by Gasteiger charge is 2.30. The van der Waals surface area contributed by atoms with Gasteiger partial charge in [-0.1, -0.05) is 0 Å². The Bertz CT molecular complexity index is 206. The van der Waals surface area contributed by atoms with E-state index in [1.165, 1.54) is 0 Å². The van der Waals surface area contributed by atoms with E-state index in [9.17, 15) is 0 Å². The molecule has 1 heterocycles. The van der Waals surface area contributed by atoms with Gasteiger partial charge < -0.3 is 9.47 Å². The Kier molecular flexibility index (Phi) is 5.22. The average Bonchev–Trinajstić information content (AvgIpc) is 2.15. The Hall–Kier alpha value is -0.120. The normalized spacial score (nSPS) is 30.0. The fourth-order valence-corrected chi connectivity index (χ4v) is 2.22. The second-order valence-corrected chi connectivity index (χ2v) is 5.42. The fourth-order valence-electron chi connectivity index (χ4n) is 2.22. The molecule has 0 aromatic rings. The molecule has 0 bridgehead atoms. The summed E-state index contributed by atoms with van der Waals surface area (Å²) in [6.07, 6.45) is 0.945. The first-order chi connectivity index (χ1) is 7.40. The summed E-state index contributed by atoms with van der Waals surface area (Å²) in [6.45, 7) is 14.9. The molecular weight excluding hydrogens is 202 g/mol. The highest BCUT2D eigenvalue weighted by molar-refractivity contribution is 4.81. The lowest BCUT2D eigenvalue weighted by Gasteiger charge is -2.41. The standard InChI is InChI=1S/C13H27NO2/c1-9(2)14-7-11(5)16-13(8-14)12(6)15-10(3)4/h9-13H,7-8H2,1-6H3/t11-,12-,13?/m0/s1. The molecule has 3 atom stereocenters. The van der Waals surface area contributed by atoms with Crippen LogP contribution < -0.4 is 0 Å². The van der Waals surface area contributed by atoms with Crippen LogP contribution in [0, 0.1) is 0 Å². The van der Waals surface area contributed by atoms with Gasteiger partial charge in [-0.25, -0.2) is 0 Å². The molecule has 0 radical (unpaired) electrons. The van der Waals surface area contributed by atoms with Crippen molar-refractivity contribution in [3.05, 3.63) is 0 Å². The van der Waals surface area contributed by atoms with Crippen LogP contribution in [0.25, 0.3) is 0 Å². The van der Waals surface area contributed by atoms with Gasteiger partial charge >= 0.3 is 0 Å². The van der Waals surface area contributed by atoms with E-state index < -0.39 is 0 Å². The van der Waals surface area contributed by atoms with E-state index in [0.717, 1.165) is 13.1 Å². The van der Waals surface area contributed by atoms with Crippen LogP contribution in [0.2, 0.25) is 0 Å². The smallest absolute Gasteiger partial charge is 0.0964 e. The number of ether oxygens (including phenoxy) is 2. The van der Waals surface area contributed by atoms with E-state index in [0.29, 0.717) is 12.1 Å². The number of rotatable bonds is 4. The van der Waals surface area contributed by atoms with Crippen LogP contribution in [-0.2, 0) is 9.47 Å². The highest BCUT2D eigenvalue weighted by atomic mass is 16.6. The van der Waals surface area contributed by atoms with Crippen molar-refractivity contribution in [3.8, 4) is 0 Å². The molecule has 1 saturated heterocycles. The number of nitrogens with zero attached hydrogens (tertiary/aromatic N) is 1. The molecule has 1 fully saturated rings. The fraction of sp³-hybridized carbons (Fsp3) is 1.00. The van der Waals surface area contributed by atoms with Crippen LogP contribution in [0.1, 0.15) is 41.5 Å². The van der Waals surface area contributed by atoms with Gasteiger partial charge in [0.15, 0.2) is 0 Å². The summed E-state index contributed by atoms with van der Waals surface area (Å²) in [4.78, 5) is 2.47. The van der Waals surface area contributed by atoms with Crippen LogP contribution in [0.3, 0.4) is 0 Å². The molecule has 0 N–H and O–H groups in total. The molecule has 1 unspecified atom stereocenters. The second-order valence-electron chi connectivity index (χ2n) is 5.42. The number of hydrogen-bond acceptors (Lipinski definition) is 3. The zero-order valence-corrected chi connectivity index (χ0v) is 11.6. The molecule has 16 heavy (non-hydrogen) atoms. The van der Waals surface area contributed by atoms with Crippen molar-refractivity contribution in [1.82, 2.24) is 4.90 Å². The summed E-state index contributed by atoms with van der Waals surface area (Å²) in [5, 5.41) is 0. The second kappa shape index (κ2) is 5.99. The monoisotopic (exact) mass is 229 g/mol. The lowest BCUT2D eigenvalue weighted by Crippen LogP contribution is -2.53. The Morgan fingerprint density at radius 1 is 1.12 bits per heavy atom. The van der Waals surface area contributed by atoms with E-state index in [1.807, 2.05) is 0 Å². The first-order valence-electron chi connectivity index (χ1n) is 6.45. The van der Waals surface area contributed by atoms with E-state index in [4.69, 9.17) is 9.47 Å². The van der Waals surface area contributed by atoms with Crippen molar-refractivity contribution in [2.75, 3.05) is 13.1 Å². The molecule has 0 amide bonds. The first kappa shape index (κ1) is 13.9. The molecule has 0 aromatic carbocycles. The van der Waals surface area contributed by atoms with E-state index >= 15 is 0 Å². The molecular formula is C13H27NO2. The van der Waals surface area contributed by atoms with Gasteiger partial charge in [0, 0.05) is 19.1 Å². The van der Waals surface area contributed by atoms with Gasteiger partial charge in [-0.05, 0) is 41.5 Å². The SMILES string of the molecule is CC(C)O[C@@H](C)C1CN(C(C)C)C[C@H](C)O1. The summed E-state index contributed by atoms with van der Waals surface area (Å²) in [6, 6.07) is 0.583. The predicted octanol–water partition coefficient (Wildman–Crippen LogP) is 2.30. The van der Waals surface area contributed by atoms with Crippen LogP contribution in [0.4, 0.5) is 0 Å². The van der Waals surface area contributed by atoms with Gasteiger partial charge in [0.25, 0.3) is 0 Å². The molecule has 0 aliphatic carbocycles. The van der Waals surface area contributed by atoms with Gasteiger partial charge in [0.1, 0.15) is 0 Å². The highest BCUT2D eigenvalue weighted by Crippen LogP contribution is 2.18. The number of hydrogen-bond donors (Lipinski definition) is 0. The van der Waals surface area contributed by atoms with Crippen LogP contribution >= 0.6 is 0 Å². The van der Waals surface area contributed by atoms with Crippen LogP contribution in [-0.4, -0.2) is 48.4 Å². The first-order valence-corrected chi connectivity index (χ1v) is 6.45. The quantitative estimate of drug-likeness (QED) is 0.738. The number of morpholine rings is 1. The summed E-state index contributed by atoms with van der Waals surface area (Å²) in [5.41, 5.74) is 0. The molecule has 1 aliphatic rings. The van der Waals surface area contributed by atoms with Crippen molar-refractivity contribution in [2.24, 2.45) is 0 Å². The Morgan fingerprint density at radius 2 is 1.75 bits per heavy atom. The van der Waals surface area contributed by atoms with Crippen molar-refractivity contribution in [1.29, 1.82) is 0 Å². The summed E-state index contributed by atoms with van der Waals surface area (Å²) in [5.74, 6) is 0. The molecule has 3 nitrogen and oxygen atoms in total. The summed E-state index contributed by atoms with van der Waals surface area (Å²) < 4.78 is 11.8. The van der Waals surface area contributed by atoms with Gasteiger partial charge in [0.05, 0.1) is 24.4 Å². The Labute approximate surface area is 100 Å². The van der Waals surface area contributed by atoms with Gasteiger partial charge in [-0.2, -0.15) is 0 Å². The lowest BCUT2D eigenvalue weighted by molar-refractivity contribution is -0.149. The van der Waals surface area contributed by atoms with Gasteiger partial charge in [-0.3, -0.25) is 4.90 Å². The molecule has 0 spiro atoms. The van der Waals surface area contributed by atoms with Crippen molar-refractivity contribution < 1.29 is 9.47 Å². The minimum atomic E-state index is 0.170. The maximum absolute atomic E-state index is 5.96. The zero-order valence-electron chi connectivity index (χ0n) is 11.6. The molecule has 0 aromatic heterocycles. The van der Waals surface area contributed by atoms with E-state index in [2.05, 4.69) is 46.4 Å². The van der Waals surface area contributed by atoms with E-state index in [1.54, 1.807) is 0 Å². The van der Waals surface area contributed by atoms with Crippen LogP contribution in [0.15, 0.2) is 0 Å². The van der Waals surface area contributed by atoms with E-state index in [-0.39, 0.29) is 18.3 Å². The predicted molar refractivity (Wildman–Crippen MR) is 66.7 cm³/mol. The third-order valence-electron chi connectivity index (χ3n) is 3.05. The maximum atomic E-state index is 5.96. The van der Waals surface area contributed by atoms with Crippen molar-refractivity contribution >= 4 is 0 Å². The van der Waals surface area contributed by atoms with Gasteiger partial charge in [-0.15, -0.1) is 0 Å². The Morgan fingerprint density at radius 3 is 2.25 bits per heavy atom. The van der Waals surface area contributed by atoms with Crippen LogP contribution in [0.5, 0.6) is 0 Å². The molecule has 1 rings (SSSR count). The van der Waals surface area contributed by atoms with Crippen molar-refractivity contribution in [3.63, 3.8) is 0 Å². The van der Waals surface area contributed by atoms with Gasteiger partial charge in [0.2, 0.25) is 0 Å². The molecule has 3 heteroatoms. The van der Waals surface area contributed by atoms with Crippen molar-refractivity contribution in [2.45, 2.75) is 72.0 Å². The largest absolute Gasteiger partial charge is 0.373 e. The molecule has 96 valence electrons. The maximum Gasteiger partial charge on any atom is 0.0964 e. The zero-order chi connectivity index (χ0) is 12.3. The molecule has 0 saturated carbocycles. The minimum absolute atomic E-state index is 0.170. The summed E-state index contributed by atoms with van der Waals surface area (Å²) >= 11 is 0. The summed E-state index contributed by atoms with van der Waals surface area (Å²) in [7, 11) is 0. The minimum Gasteiger partial charge on any atom is -0.373 e. The average molecular weight is 229 g/mol. The lowest BCUT2D eigenvalue weighted by atomic mass is 10.1. The topological polar surface area (TPSA) is 21.7 Å². The Balaban J connectivity index is 2.52.